The van der Waals surface area contributed by atoms with E-state index in [1.54, 1.807) is 13.1 Å². The summed E-state index contributed by atoms with van der Waals surface area (Å²) in [5.41, 5.74) is 3.50. The van der Waals surface area contributed by atoms with Gasteiger partial charge < -0.3 is 15.0 Å². The van der Waals surface area contributed by atoms with Gasteiger partial charge in [0.15, 0.2) is 11.9 Å². The number of nitrogens with one attached hydrogen (secondary N) is 1. The Kier molecular flexibility index (Phi) is 4.78. The minimum Gasteiger partial charge on any atom is -0.481 e. The van der Waals surface area contributed by atoms with Gasteiger partial charge in [0.05, 0.1) is 5.69 Å². The van der Waals surface area contributed by atoms with E-state index in [0.717, 1.165) is 43.2 Å². The third-order valence-corrected chi connectivity index (χ3v) is 5.20. The predicted octanol–water partition coefficient (Wildman–Crippen LogP) is 3.58. The molecule has 0 saturated carbocycles. The van der Waals surface area contributed by atoms with Gasteiger partial charge in [-0.2, -0.15) is 0 Å². The first-order valence-electron chi connectivity index (χ1n) is 9.50. The number of amides is 1. The highest BCUT2D eigenvalue weighted by Crippen LogP contribution is 2.28. The molecule has 2 heterocycles. The molecule has 2 aliphatic rings. The van der Waals surface area contributed by atoms with Gasteiger partial charge in [0.25, 0.3) is 5.91 Å². The highest BCUT2D eigenvalue weighted by atomic mass is 16.5. The van der Waals surface area contributed by atoms with Gasteiger partial charge >= 0.3 is 0 Å². The number of hydrogen-bond donors (Lipinski definition) is 1. The molecule has 26 heavy (non-hydrogen) atoms. The van der Waals surface area contributed by atoms with E-state index in [1.165, 1.54) is 30.4 Å². The van der Waals surface area contributed by atoms with E-state index in [4.69, 9.17) is 4.74 Å². The summed E-state index contributed by atoms with van der Waals surface area (Å²) in [6, 6.07) is 9.91. The molecule has 0 spiro atoms. The molecule has 5 heteroatoms. The largest absolute Gasteiger partial charge is 0.481 e. The number of nitrogens with zero attached hydrogens (tertiary/aromatic N) is 2. The van der Waals surface area contributed by atoms with E-state index in [9.17, 15) is 4.79 Å². The molecular formula is C21H25N3O2. The van der Waals surface area contributed by atoms with E-state index in [0.29, 0.717) is 0 Å². The van der Waals surface area contributed by atoms with E-state index in [1.807, 2.05) is 18.2 Å². The summed E-state index contributed by atoms with van der Waals surface area (Å²) in [6.45, 7) is 3.76. The number of ether oxygens (including phenoxy) is 1. The molecule has 2 aromatic rings. The van der Waals surface area contributed by atoms with Crippen LogP contribution in [0.15, 0.2) is 36.5 Å². The van der Waals surface area contributed by atoms with Gasteiger partial charge in [-0.1, -0.05) is 6.07 Å². The van der Waals surface area contributed by atoms with Crippen LogP contribution >= 0.6 is 0 Å². The lowest BCUT2D eigenvalue weighted by Gasteiger charge is -2.21. The van der Waals surface area contributed by atoms with Crippen molar-refractivity contribution in [3.8, 4) is 5.75 Å². The van der Waals surface area contributed by atoms with Crippen molar-refractivity contribution in [3.63, 3.8) is 0 Å². The van der Waals surface area contributed by atoms with Crippen molar-refractivity contribution in [1.82, 2.24) is 4.98 Å². The smallest absolute Gasteiger partial charge is 0.265 e. The molecule has 1 aliphatic carbocycles. The van der Waals surface area contributed by atoms with Crippen molar-refractivity contribution in [2.24, 2.45) is 0 Å². The van der Waals surface area contributed by atoms with Crippen LogP contribution in [0, 0.1) is 0 Å². The van der Waals surface area contributed by atoms with Gasteiger partial charge in [-0.3, -0.25) is 4.79 Å². The molecule has 4 rings (SSSR count). The lowest BCUT2D eigenvalue weighted by molar-refractivity contribution is -0.122. The molecule has 136 valence electrons. The van der Waals surface area contributed by atoms with Crippen LogP contribution in [0.1, 0.15) is 37.3 Å². The summed E-state index contributed by atoms with van der Waals surface area (Å²) >= 11 is 0. The molecule has 1 saturated heterocycles. The summed E-state index contributed by atoms with van der Waals surface area (Å²) in [6.07, 6.45) is 6.99. The van der Waals surface area contributed by atoms with Gasteiger partial charge in [0.1, 0.15) is 5.75 Å². The van der Waals surface area contributed by atoms with Crippen molar-refractivity contribution >= 4 is 17.4 Å². The summed E-state index contributed by atoms with van der Waals surface area (Å²) in [5.74, 6) is 1.46. The first-order valence-corrected chi connectivity index (χ1v) is 9.50. The lowest BCUT2D eigenvalue weighted by Crippen LogP contribution is -2.31. The Morgan fingerprint density at radius 3 is 2.81 bits per heavy atom. The second-order valence-corrected chi connectivity index (χ2v) is 7.10. The Labute approximate surface area is 154 Å². The fourth-order valence-electron chi connectivity index (χ4n) is 3.79. The minimum atomic E-state index is -0.568. The number of hydrogen-bond acceptors (Lipinski definition) is 4. The first kappa shape index (κ1) is 16.9. The first-order chi connectivity index (χ1) is 12.7. The average molecular weight is 351 g/mol. The third-order valence-electron chi connectivity index (χ3n) is 5.20. The Morgan fingerprint density at radius 2 is 1.96 bits per heavy atom. The number of anilines is 2. The standard InChI is InChI=1S/C21H25N3O2/c1-15(26-18-10-9-16-6-4-7-17(16)14-18)21(25)23-19-8-5-11-22-20(19)24-12-2-3-13-24/h5,8-11,14-15H,2-4,6-7,12-13H2,1H3,(H,23,25)/t15-/m0/s1. The maximum Gasteiger partial charge on any atom is 0.265 e. The van der Waals surface area contributed by atoms with Gasteiger partial charge in [0.2, 0.25) is 0 Å². The molecule has 1 N–H and O–H groups in total. The maximum atomic E-state index is 12.6. The molecular weight excluding hydrogens is 326 g/mol. The Bertz CT molecular complexity index is 800. The summed E-state index contributed by atoms with van der Waals surface area (Å²) < 4.78 is 5.89. The number of rotatable bonds is 5. The van der Waals surface area contributed by atoms with Crippen LogP contribution < -0.4 is 15.0 Å². The molecule has 1 aliphatic heterocycles. The molecule has 0 radical (unpaired) electrons. The summed E-state index contributed by atoms with van der Waals surface area (Å²) in [7, 11) is 0. The SMILES string of the molecule is C[C@H](Oc1ccc2c(c1)CCC2)C(=O)Nc1cccnc1N1CCCC1. The van der Waals surface area contributed by atoms with Crippen LogP contribution in [0.4, 0.5) is 11.5 Å². The predicted molar refractivity (Wildman–Crippen MR) is 103 cm³/mol. The molecule has 1 fully saturated rings. The van der Waals surface area contributed by atoms with Crippen molar-refractivity contribution < 1.29 is 9.53 Å². The minimum absolute atomic E-state index is 0.154. The zero-order chi connectivity index (χ0) is 17.9. The zero-order valence-corrected chi connectivity index (χ0v) is 15.2. The molecule has 1 amide bonds. The van der Waals surface area contributed by atoms with E-state index in [-0.39, 0.29) is 5.91 Å². The van der Waals surface area contributed by atoms with Crippen LogP contribution in [-0.2, 0) is 17.6 Å². The number of pyridine rings is 1. The molecule has 1 aromatic heterocycles. The normalized spacial score (nSPS) is 17.0. The third kappa shape index (κ3) is 3.52. The average Bonchev–Trinajstić information content (AvgIpc) is 3.33. The summed E-state index contributed by atoms with van der Waals surface area (Å²) in [4.78, 5) is 19.3. The van der Waals surface area contributed by atoms with Crippen LogP contribution in [0.2, 0.25) is 0 Å². The number of aryl methyl sites for hydroxylation is 2. The Balaban J connectivity index is 1.43. The van der Waals surface area contributed by atoms with Crippen molar-refractivity contribution in [3.05, 3.63) is 47.7 Å². The van der Waals surface area contributed by atoms with E-state index >= 15 is 0 Å². The number of fused-ring (bicyclic) bond motifs is 1. The van der Waals surface area contributed by atoms with Gasteiger partial charge in [-0.25, -0.2) is 4.98 Å². The van der Waals surface area contributed by atoms with Crippen LogP contribution in [0.25, 0.3) is 0 Å². The molecule has 5 nitrogen and oxygen atoms in total. The lowest BCUT2D eigenvalue weighted by atomic mass is 10.1. The van der Waals surface area contributed by atoms with Gasteiger partial charge in [-0.15, -0.1) is 0 Å². The van der Waals surface area contributed by atoms with Crippen molar-refractivity contribution in [2.45, 2.75) is 45.1 Å². The topological polar surface area (TPSA) is 54.5 Å². The van der Waals surface area contributed by atoms with Crippen LogP contribution in [0.3, 0.4) is 0 Å². The van der Waals surface area contributed by atoms with Gasteiger partial charge in [-0.05, 0) is 74.4 Å². The Morgan fingerprint density at radius 1 is 1.15 bits per heavy atom. The monoisotopic (exact) mass is 351 g/mol. The second-order valence-electron chi connectivity index (χ2n) is 7.10. The van der Waals surface area contributed by atoms with Gasteiger partial charge in [0, 0.05) is 19.3 Å². The number of benzene rings is 1. The van der Waals surface area contributed by atoms with Crippen LogP contribution in [-0.4, -0.2) is 30.1 Å². The molecule has 0 bridgehead atoms. The van der Waals surface area contributed by atoms with Crippen molar-refractivity contribution in [1.29, 1.82) is 0 Å². The maximum absolute atomic E-state index is 12.6. The highest BCUT2D eigenvalue weighted by molar-refractivity contribution is 5.96. The fraction of sp³-hybridized carbons (Fsp3) is 0.429. The fourth-order valence-corrected chi connectivity index (χ4v) is 3.79. The van der Waals surface area contributed by atoms with Crippen molar-refractivity contribution in [2.75, 3.05) is 23.3 Å². The second kappa shape index (κ2) is 7.36. The molecule has 1 atom stereocenters. The number of carbonyl (C=O) groups excluding carboxylic acids is 1. The molecule has 0 unspecified atom stereocenters. The van der Waals surface area contributed by atoms with E-state index in [2.05, 4.69) is 27.3 Å². The van der Waals surface area contributed by atoms with Crippen LogP contribution in [0.5, 0.6) is 5.75 Å². The zero-order valence-electron chi connectivity index (χ0n) is 15.2. The highest BCUT2D eigenvalue weighted by Gasteiger charge is 2.21. The summed E-state index contributed by atoms with van der Waals surface area (Å²) in [5, 5.41) is 2.99. The van der Waals surface area contributed by atoms with E-state index < -0.39 is 6.10 Å². The Hall–Kier alpha value is -2.56. The number of aromatic nitrogens is 1. The number of carbonyl (C=O) groups is 1. The molecule has 1 aromatic carbocycles. The quantitative estimate of drug-likeness (QED) is 0.895.